The summed E-state index contributed by atoms with van der Waals surface area (Å²) < 4.78 is 100. The molecule has 12 heteroatoms. The van der Waals surface area contributed by atoms with Crippen molar-refractivity contribution in [2.75, 3.05) is 11.3 Å². The average Bonchev–Trinajstić information content (AvgIpc) is 2.44. The molecule has 5 nitrogen and oxygen atoms in total. The second kappa shape index (κ2) is 7.35. The van der Waals surface area contributed by atoms with Crippen molar-refractivity contribution in [3.05, 3.63) is 48.6 Å². The quantitative estimate of drug-likeness (QED) is 0.323. The maximum Gasteiger partial charge on any atom is 0.516 e. The monoisotopic (exact) mass is 390 g/mol. The Morgan fingerprint density at radius 1 is 1.20 bits per heavy atom. The molecule has 0 unspecified atom stereocenters. The van der Waals surface area contributed by atoms with Crippen molar-refractivity contribution in [1.29, 1.82) is 0 Å². The summed E-state index contributed by atoms with van der Waals surface area (Å²) in [5, 5.41) is 0. The maximum atomic E-state index is 13.1. The van der Waals surface area contributed by atoms with E-state index in [9.17, 15) is 34.8 Å². The molecule has 0 bridgehead atoms. The van der Waals surface area contributed by atoms with Crippen molar-refractivity contribution in [1.82, 2.24) is 5.48 Å². The first-order valence-corrected chi connectivity index (χ1v) is 7.77. The first kappa shape index (κ1) is 20.8. The van der Waals surface area contributed by atoms with Crippen LogP contribution in [0.1, 0.15) is 11.1 Å². The van der Waals surface area contributed by atoms with Crippen molar-refractivity contribution in [2.24, 2.45) is 0 Å². The van der Waals surface area contributed by atoms with E-state index in [1.54, 1.807) is 0 Å². The highest BCUT2D eigenvalue weighted by molar-refractivity contribution is 7.93. The fraction of sp³-hybridized carbons (Fsp3) is 0.231. The van der Waals surface area contributed by atoms with E-state index in [1.165, 1.54) is 6.08 Å². The summed E-state index contributed by atoms with van der Waals surface area (Å²) in [6.07, 6.45) is -3.75. The molecule has 0 aliphatic heterocycles. The molecule has 0 aliphatic carbocycles. The van der Waals surface area contributed by atoms with Gasteiger partial charge in [0.1, 0.15) is 0 Å². The van der Waals surface area contributed by atoms with Crippen LogP contribution in [0.25, 0.3) is 5.70 Å². The van der Waals surface area contributed by atoms with Gasteiger partial charge in [-0.25, -0.2) is 0 Å². The fourth-order valence-corrected chi connectivity index (χ4v) is 2.22. The number of hydrogen-bond donors (Lipinski definition) is 2. The first-order valence-electron chi connectivity index (χ1n) is 6.28. The Kier molecular flexibility index (Phi) is 6.13. The van der Waals surface area contributed by atoms with E-state index in [0.717, 1.165) is 16.9 Å². The lowest BCUT2D eigenvalue weighted by Gasteiger charge is -2.20. The second-order valence-corrected chi connectivity index (χ2v) is 6.13. The van der Waals surface area contributed by atoms with Crippen molar-refractivity contribution in [3.63, 3.8) is 0 Å². The van der Waals surface area contributed by atoms with E-state index in [4.69, 9.17) is 0 Å². The van der Waals surface area contributed by atoms with Crippen LogP contribution in [0, 0.1) is 0 Å². The van der Waals surface area contributed by atoms with Crippen molar-refractivity contribution < 1.29 is 39.6 Å². The summed E-state index contributed by atoms with van der Waals surface area (Å²) in [5.41, 5.74) is -7.63. The molecule has 1 rings (SSSR count). The van der Waals surface area contributed by atoms with Crippen LogP contribution >= 0.6 is 0 Å². The van der Waals surface area contributed by atoms with Gasteiger partial charge in [-0.3, -0.25) is 15.0 Å². The molecule has 1 aromatic rings. The highest BCUT2D eigenvalue weighted by Crippen LogP contribution is 2.39. The van der Waals surface area contributed by atoms with Crippen LogP contribution in [-0.4, -0.2) is 20.5 Å². The highest BCUT2D eigenvalue weighted by Gasteiger charge is 2.47. The van der Waals surface area contributed by atoms with E-state index in [1.807, 2.05) is 5.48 Å². The average molecular weight is 390 g/mol. The normalized spacial score (nSPS) is 12.6. The number of benzene rings is 1. The van der Waals surface area contributed by atoms with Crippen LogP contribution in [0.15, 0.2) is 37.4 Å². The number of sulfonamides is 1. The lowest BCUT2D eigenvalue weighted by atomic mass is 10.0. The predicted molar refractivity (Wildman–Crippen MR) is 78.4 cm³/mol. The molecule has 0 fully saturated rings. The van der Waals surface area contributed by atoms with Crippen LogP contribution in [0.4, 0.5) is 32.0 Å². The number of alkyl halides is 6. The van der Waals surface area contributed by atoms with Gasteiger partial charge in [-0.1, -0.05) is 18.7 Å². The molecule has 0 aromatic heterocycles. The molecule has 0 spiro atoms. The Morgan fingerprint density at radius 3 is 2.28 bits per heavy atom. The van der Waals surface area contributed by atoms with E-state index in [0.29, 0.717) is 6.07 Å². The summed E-state index contributed by atoms with van der Waals surface area (Å²) in [6.45, 7) is 6.37. The third-order valence-electron chi connectivity index (χ3n) is 2.62. The largest absolute Gasteiger partial charge is 0.516 e. The van der Waals surface area contributed by atoms with Crippen molar-refractivity contribution in [2.45, 2.75) is 11.7 Å². The molecular formula is C13H12F6N2O3S. The van der Waals surface area contributed by atoms with Gasteiger partial charge in [0.25, 0.3) is 0 Å². The molecule has 0 radical (unpaired) electrons. The van der Waals surface area contributed by atoms with E-state index in [-0.39, 0.29) is 6.61 Å². The zero-order chi connectivity index (χ0) is 19.5. The lowest BCUT2D eigenvalue weighted by molar-refractivity contribution is -0.137. The predicted octanol–water partition coefficient (Wildman–Crippen LogP) is 3.64. The van der Waals surface area contributed by atoms with Gasteiger partial charge in [0.05, 0.1) is 23.6 Å². The van der Waals surface area contributed by atoms with E-state index < -0.39 is 44.2 Å². The number of anilines is 1. The van der Waals surface area contributed by atoms with Gasteiger partial charge in [0, 0.05) is 5.56 Å². The third kappa shape index (κ3) is 5.13. The SMILES string of the molecule is C=CCONC(=C)c1c(NS(=O)(=O)C(F)(F)F)cccc1C(F)(F)F. The highest BCUT2D eigenvalue weighted by atomic mass is 32.2. The smallest absolute Gasteiger partial charge is 0.275 e. The first-order chi connectivity index (χ1) is 11.3. The Labute approximate surface area is 139 Å². The van der Waals surface area contributed by atoms with Crippen LogP contribution in [-0.2, 0) is 21.0 Å². The van der Waals surface area contributed by atoms with Gasteiger partial charge < -0.3 is 0 Å². The van der Waals surface area contributed by atoms with Gasteiger partial charge in [0.2, 0.25) is 0 Å². The Morgan fingerprint density at radius 2 is 1.80 bits per heavy atom. The zero-order valence-corrected chi connectivity index (χ0v) is 13.1. The molecule has 140 valence electrons. The molecule has 25 heavy (non-hydrogen) atoms. The molecule has 2 N–H and O–H groups in total. The summed E-state index contributed by atoms with van der Waals surface area (Å²) in [7, 11) is -5.94. The Balaban J connectivity index is 3.43. The van der Waals surface area contributed by atoms with Crippen molar-refractivity contribution >= 4 is 21.4 Å². The van der Waals surface area contributed by atoms with Crippen LogP contribution in [0.5, 0.6) is 0 Å². The summed E-state index contributed by atoms with van der Waals surface area (Å²) in [6, 6.07) is 2.04. The number of hydroxylamine groups is 1. The summed E-state index contributed by atoms with van der Waals surface area (Å²) in [4.78, 5) is 4.68. The second-order valence-electron chi connectivity index (χ2n) is 4.46. The molecule has 0 aliphatic rings. The van der Waals surface area contributed by atoms with Crippen LogP contribution in [0.2, 0.25) is 0 Å². The van der Waals surface area contributed by atoms with Gasteiger partial charge in [0.15, 0.2) is 0 Å². The third-order valence-corrected chi connectivity index (χ3v) is 3.72. The van der Waals surface area contributed by atoms with Gasteiger partial charge in [-0.2, -0.15) is 34.8 Å². The van der Waals surface area contributed by atoms with Crippen molar-refractivity contribution in [3.8, 4) is 0 Å². The van der Waals surface area contributed by atoms with Crippen LogP contribution in [0.3, 0.4) is 0 Å². The standard InChI is InChI=1S/C13H12F6N2O3S/c1-3-7-24-20-8(2)11-9(12(14,15)16)5-4-6-10(11)21-25(22,23)13(17,18)19/h3-6,20-21H,1-2,7H2. The van der Waals surface area contributed by atoms with Gasteiger partial charge >= 0.3 is 21.7 Å². The number of hydrogen-bond acceptors (Lipinski definition) is 4. The summed E-state index contributed by atoms with van der Waals surface area (Å²) in [5.74, 6) is 0. The molecule has 1 aromatic carbocycles. The number of nitrogens with one attached hydrogen (secondary N) is 2. The van der Waals surface area contributed by atoms with Crippen LogP contribution < -0.4 is 10.2 Å². The molecular weight excluding hydrogens is 378 g/mol. The van der Waals surface area contributed by atoms with E-state index in [2.05, 4.69) is 18.0 Å². The molecule has 0 atom stereocenters. The van der Waals surface area contributed by atoms with Gasteiger partial charge in [-0.15, -0.1) is 6.58 Å². The summed E-state index contributed by atoms with van der Waals surface area (Å²) >= 11 is 0. The molecule has 0 heterocycles. The lowest BCUT2D eigenvalue weighted by Crippen LogP contribution is -2.31. The molecule has 0 saturated carbocycles. The number of halogens is 6. The Bertz CT molecular complexity index is 756. The topological polar surface area (TPSA) is 67.4 Å². The zero-order valence-electron chi connectivity index (χ0n) is 12.3. The maximum absolute atomic E-state index is 13.1. The fourth-order valence-electron chi connectivity index (χ4n) is 1.64. The molecule has 0 saturated heterocycles. The molecule has 0 amide bonds. The minimum absolute atomic E-state index is 0.156. The number of rotatable bonds is 7. The minimum atomic E-state index is -5.94. The minimum Gasteiger partial charge on any atom is -0.275 e. The van der Waals surface area contributed by atoms with E-state index >= 15 is 0 Å². The Hall–Kier alpha value is -2.21. The van der Waals surface area contributed by atoms with Gasteiger partial charge in [-0.05, 0) is 12.1 Å².